The Morgan fingerprint density at radius 3 is 2.60 bits per heavy atom. The molecule has 0 saturated heterocycles. The van der Waals surface area contributed by atoms with Crippen LogP contribution in [-0.4, -0.2) is 24.7 Å². The van der Waals surface area contributed by atoms with Gasteiger partial charge in [-0.2, -0.15) is 0 Å². The third-order valence-corrected chi connectivity index (χ3v) is 3.36. The molecule has 20 heavy (non-hydrogen) atoms. The highest BCUT2D eigenvalue weighted by atomic mass is 79.9. The van der Waals surface area contributed by atoms with E-state index in [0.29, 0.717) is 18.8 Å². The molecule has 0 bridgehead atoms. The molecule has 0 amide bonds. The van der Waals surface area contributed by atoms with Crippen molar-refractivity contribution >= 4 is 21.9 Å². The summed E-state index contributed by atoms with van der Waals surface area (Å²) >= 11 is 3.46. The molecule has 0 aliphatic carbocycles. The van der Waals surface area contributed by atoms with Crippen molar-refractivity contribution in [3.05, 3.63) is 28.2 Å². The van der Waals surface area contributed by atoms with E-state index in [9.17, 15) is 4.79 Å². The van der Waals surface area contributed by atoms with Gasteiger partial charge in [-0.05, 0) is 60.3 Å². The summed E-state index contributed by atoms with van der Waals surface area (Å²) in [6.45, 7) is 5.99. The molecule has 1 rings (SSSR count). The Kier molecular flexibility index (Phi) is 7.02. The fraction of sp³-hybridized carbons (Fsp3) is 0.533. The smallest absolute Gasteiger partial charge is 0.347 e. The van der Waals surface area contributed by atoms with E-state index in [1.165, 1.54) is 0 Å². The zero-order valence-electron chi connectivity index (χ0n) is 12.2. The molecule has 0 aromatic heterocycles. The van der Waals surface area contributed by atoms with Crippen LogP contribution >= 0.6 is 15.9 Å². The maximum Gasteiger partial charge on any atom is 0.347 e. The molecule has 5 heteroatoms. The first-order valence-electron chi connectivity index (χ1n) is 6.85. The Morgan fingerprint density at radius 1 is 1.40 bits per heavy atom. The average Bonchev–Trinajstić information content (AvgIpc) is 2.37. The Morgan fingerprint density at radius 2 is 2.10 bits per heavy atom. The zero-order valence-corrected chi connectivity index (χ0v) is 13.8. The maximum atomic E-state index is 11.7. The van der Waals surface area contributed by atoms with Crippen molar-refractivity contribution in [3.8, 4) is 5.75 Å². The first kappa shape index (κ1) is 17.0. The first-order chi connectivity index (χ1) is 9.47. The molecule has 0 spiro atoms. The summed E-state index contributed by atoms with van der Waals surface area (Å²) in [5.41, 5.74) is 6.91. The molecule has 0 radical (unpaired) electrons. The Balaban J connectivity index is 2.78. The average molecular weight is 344 g/mol. The van der Waals surface area contributed by atoms with Gasteiger partial charge in [0.05, 0.1) is 11.1 Å². The lowest BCUT2D eigenvalue weighted by atomic mass is 10.1. The summed E-state index contributed by atoms with van der Waals surface area (Å²) < 4.78 is 11.5. The molecule has 4 nitrogen and oxygen atoms in total. The van der Waals surface area contributed by atoms with E-state index in [1.807, 2.05) is 32.0 Å². The van der Waals surface area contributed by atoms with Crippen LogP contribution in [0.5, 0.6) is 5.75 Å². The van der Waals surface area contributed by atoms with E-state index in [0.717, 1.165) is 16.5 Å². The minimum absolute atomic E-state index is 0.108. The topological polar surface area (TPSA) is 61.5 Å². The van der Waals surface area contributed by atoms with Crippen LogP contribution in [-0.2, 0) is 16.0 Å². The third-order valence-electron chi connectivity index (χ3n) is 2.74. The highest BCUT2D eigenvalue weighted by molar-refractivity contribution is 9.10. The number of esters is 1. The van der Waals surface area contributed by atoms with Crippen LogP contribution < -0.4 is 10.5 Å². The van der Waals surface area contributed by atoms with Gasteiger partial charge in [0.2, 0.25) is 0 Å². The quantitative estimate of drug-likeness (QED) is 0.773. The lowest BCUT2D eigenvalue weighted by Gasteiger charge is -2.17. The van der Waals surface area contributed by atoms with Crippen LogP contribution in [0.4, 0.5) is 0 Å². The summed E-state index contributed by atoms with van der Waals surface area (Å²) in [7, 11) is 0. The molecule has 0 aliphatic heterocycles. The highest BCUT2D eigenvalue weighted by Crippen LogP contribution is 2.28. The predicted molar refractivity (Wildman–Crippen MR) is 82.8 cm³/mol. The number of carbonyl (C=O) groups excluding carboxylic acids is 1. The van der Waals surface area contributed by atoms with Gasteiger partial charge in [0.15, 0.2) is 6.10 Å². The molecular formula is C15H22BrNO3. The summed E-state index contributed by atoms with van der Waals surface area (Å²) in [6, 6.07) is 5.89. The number of hydrogen-bond acceptors (Lipinski definition) is 4. The van der Waals surface area contributed by atoms with E-state index in [4.69, 9.17) is 15.2 Å². The number of nitrogens with two attached hydrogens (primary N) is 1. The van der Waals surface area contributed by atoms with Gasteiger partial charge in [-0.3, -0.25) is 0 Å². The van der Waals surface area contributed by atoms with Gasteiger partial charge in [0.1, 0.15) is 5.75 Å². The molecule has 0 heterocycles. The number of hydrogen-bond donors (Lipinski definition) is 1. The second-order valence-electron chi connectivity index (χ2n) is 4.71. The Hall–Kier alpha value is -1.07. The number of carbonyl (C=O) groups is 1. The predicted octanol–water partition coefficient (Wildman–Crippen LogP) is 3.06. The Bertz CT molecular complexity index is 449. The van der Waals surface area contributed by atoms with E-state index in [-0.39, 0.29) is 12.0 Å². The molecule has 112 valence electrons. The monoisotopic (exact) mass is 343 g/mol. The van der Waals surface area contributed by atoms with Crippen molar-refractivity contribution in [1.29, 1.82) is 0 Å². The third kappa shape index (κ3) is 5.13. The standard InChI is InChI=1S/C15H22BrNO3/c1-4-13(15(18)19-5-2)20-14-7-6-11(8-10(3)17)9-12(14)16/h6-7,9-10,13H,4-5,8,17H2,1-3H3. The van der Waals surface area contributed by atoms with Crippen LogP contribution in [0.15, 0.2) is 22.7 Å². The first-order valence-corrected chi connectivity index (χ1v) is 7.64. The zero-order chi connectivity index (χ0) is 15.1. The van der Waals surface area contributed by atoms with Crippen LogP contribution in [0, 0.1) is 0 Å². The van der Waals surface area contributed by atoms with Gasteiger partial charge in [-0.1, -0.05) is 13.0 Å². The van der Waals surface area contributed by atoms with Crippen LogP contribution in [0.3, 0.4) is 0 Å². The number of benzene rings is 1. The Labute approximate surface area is 128 Å². The van der Waals surface area contributed by atoms with Crippen molar-refractivity contribution in [2.45, 2.75) is 45.8 Å². The lowest BCUT2D eigenvalue weighted by molar-refractivity contribution is -0.151. The van der Waals surface area contributed by atoms with E-state index in [1.54, 1.807) is 6.92 Å². The van der Waals surface area contributed by atoms with Gasteiger partial charge in [-0.25, -0.2) is 4.79 Å². The molecular weight excluding hydrogens is 322 g/mol. The van der Waals surface area contributed by atoms with E-state index >= 15 is 0 Å². The van der Waals surface area contributed by atoms with Gasteiger partial charge in [0, 0.05) is 6.04 Å². The number of rotatable bonds is 7. The van der Waals surface area contributed by atoms with Crippen molar-refractivity contribution in [2.24, 2.45) is 5.73 Å². The summed E-state index contributed by atoms with van der Waals surface area (Å²) in [5, 5.41) is 0. The van der Waals surface area contributed by atoms with Crippen molar-refractivity contribution in [3.63, 3.8) is 0 Å². The van der Waals surface area contributed by atoms with Crippen molar-refractivity contribution in [1.82, 2.24) is 0 Å². The molecule has 0 fully saturated rings. The second kappa shape index (κ2) is 8.27. The molecule has 2 N–H and O–H groups in total. The number of ether oxygens (including phenoxy) is 2. The largest absolute Gasteiger partial charge is 0.478 e. The molecule has 0 saturated carbocycles. The van der Waals surface area contributed by atoms with Crippen molar-refractivity contribution < 1.29 is 14.3 Å². The van der Waals surface area contributed by atoms with Crippen LogP contribution in [0.2, 0.25) is 0 Å². The van der Waals surface area contributed by atoms with Crippen LogP contribution in [0.25, 0.3) is 0 Å². The molecule has 2 unspecified atom stereocenters. The fourth-order valence-corrected chi connectivity index (χ4v) is 2.34. The van der Waals surface area contributed by atoms with Gasteiger partial charge < -0.3 is 15.2 Å². The normalized spacial score (nSPS) is 13.7. The summed E-state index contributed by atoms with van der Waals surface area (Å²) in [6.07, 6.45) is 0.784. The van der Waals surface area contributed by atoms with Gasteiger partial charge in [0.25, 0.3) is 0 Å². The second-order valence-corrected chi connectivity index (χ2v) is 5.57. The highest BCUT2D eigenvalue weighted by Gasteiger charge is 2.20. The molecule has 0 aliphatic rings. The maximum absolute atomic E-state index is 11.7. The minimum atomic E-state index is -0.578. The van der Waals surface area contributed by atoms with E-state index < -0.39 is 6.10 Å². The van der Waals surface area contributed by atoms with Crippen molar-refractivity contribution in [2.75, 3.05) is 6.61 Å². The summed E-state index contributed by atoms with van der Waals surface area (Å²) in [4.78, 5) is 11.7. The summed E-state index contributed by atoms with van der Waals surface area (Å²) in [5.74, 6) is 0.305. The SMILES string of the molecule is CCOC(=O)C(CC)Oc1ccc(CC(C)N)cc1Br. The van der Waals surface area contributed by atoms with E-state index in [2.05, 4.69) is 15.9 Å². The van der Waals surface area contributed by atoms with Gasteiger partial charge in [-0.15, -0.1) is 0 Å². The molecule has 1 aromatic carbocycles. The fourth-order valence-electron chi connectivity index (χ4n) is 1.83. The lowest BCUT2D eigenvalue weighted by Crippen LogP contribution is -2.28. The molecule has 1 aromatic rings. The van der Waals surface area contributed by atoms with Gasteiger partial charge >= 0.3 is 5.97 Å². The molecule has 2 atom stereocenters. The van der Waals surface area contributed by atoms with Crippen LogP contribution in [0.1, 0.15) is 32.8 Å². The number of halogens is 1. The minimum Gasteiger partial charge on any atom is -0.478 e.